The molecular weight excluding hydrogens is 282 g/mol. The summed E-state index contributed by atoms with van der Waals surface area (Å²) in [6, 6.07) is 10.9. The molecule has 0 bridgehead atoms. The first-order valence-electron chi connectivity index (χ1n) is 7.18. The summed E-state index contributed by atoms with van der Waals surface area (Å²) in [5.41, 5.74) is 0. The molecule has 0 fully saturated rings. The van der Waals surface area contributed by atoms with Gasteiger partial charge >= 0.3 is 0 Å². The monoisotopic (exact) mass is 303 g/mol. The second-order valence-electron chi connectivity index (χ2n) is 4.95. The number of ether oxygens (including phenoxy) is 2. The fraction of sp³-hybridized carbons (Fsp3) is 0.353. The zero-order valence-corrected chi connectivity index (χ0v) is 13.1. The molecule has 1 amide bonds. The minimum Gasteiger partial charge on any atom is -0.493 e. The Morgan fingerprint density at radius 1 is 1.23 bits per heavy atom. The first kappa shape index (κ1) is 15.9. The van der Waals surface area contributed by atoms with Crippen molar-refractivity contribution in [2.24, 2.45) is 0 Å². The van der Waals surface area contributed by atoms with E-state index in [4.69, 9.17) is 13.9 Å². The standard InChI is InChI=1S/C17H21NO4/c1-13(14-9-6-11-21-14)18(2)17(19)10-12-22-16-8-5-4-7-15(16)20-3/h4-9,11,13H,10,12H2,1-3H3. The number of methoxy groups -OCH3 is 1. The summed E-state index contributed by atoms with van der Waals surface area (Å²) in [5.74, 6) is 2.06. The Morgan fingerprint density at radius 2 is 1.95 bits per heavy atom. The highest BCUT2D eigenvalue weighted by atomic mass is 16.5. The molecule has 1 unspecified atom stereocenters. The summed E-state index contributed by atoms with van der Waals surface area (Å²) < 4.78 is 16.2. The van der Waals surface area contributed by atoms with Crippen LogP contribution in [0.15, 0.2) is 47.1 Å². The molecule has 0 N–H and O–H groups in total. The van der Waals surface area contributed by atoms with Gasteiger partial charge in [0, 0.05) is 7.05 Å². The zero-order valence-electron chi connectivity index (χ0n) is 13.1. The van der Waals surface area contributed by atoms with Gasteiger partial charge in [0.2, 0.25) is 5.91 Å². The molecule has 0 spiro atoms. The Bertz CT molecular complexity index is 594. The molecule has 2 aromatic rings. The van der Waals surface area contributed by atoms with E-state index in [2.05, 4.69) is 0 Å². The van der Waals surface area contributed by atoms with Gasteiger partial charge in [-0.15, -0.1) is 0 Å². The van der Waals surface area contributed by atoms with Crippen molar-refractivity contribution in [3.63, 3.8) is 0 Å². The topological polar surface area (TPSA) is 51.9 Å². The maximum atomic E-state index is 12.2. The van der Waals surface area contributed by atoms with Crippen LogP contribution in [0.3, 0.4) is 0 Å². The lowest BCUT2D eigenvalue weighted by atomic mass is 10.2. The molecule has 0 aliphatic rings. The zero-order chi connectivity index (χ0) is 15.9. The normalized spacial score (nSPS) is 11.8. The van der Waals surface area contributed by atoms with E-state index < -0.39 is 0 Å². The molecule has 0 saturated heterocycles. The fourth-order valence-electron chi connectivity index (χ4n) is 2.10. The molecule has 0 aliphatic carbocycles. The van der Waals surface area contributed by atoms with E-state index in [-0.39, 0.29) is 11.9 Å². The number of carbonyl (C=O) groups excluding carboxylic acids is 1. The molecule has 1 atom stereocenters. The Hall–Kier alpha value is -2.43. The van der Waals surface area contributed by atoms with Crippen molar-refractivity contribution in [3.05, 3.63) is 48.4 Å². The van der Waals surface area contributed by atoms with E-state index in [0.29, 0.717) is 24.5 Å². The van der Waals surface area contributed by atoms with Gasteiger partial charge < -0.3 is 18.8 Å². The second kappa shape index (κ2) is 7.54. The van der Waals surface area contributed by atoms with E-state index in [1.807, 2.05) is 43.3 Å². The van der Waals surface area contributed by atoms with Crippen LogP contribution >= 0.6 is 0 Å². The highest BCUT2D eigenvalue weighted by Gasteiger charge is 2.19. The minimum atomic E-state index is -0.103. The SMILES string of the molecule is COc1ccccc1OCCC(=O)N(C)C(C)c1ccco1. The van der Waals surface area contributed by atoms with Crippen molar-refractivity contribution in [2.45, 2.75) is 19.4 Å². The quantitative estimate of drug-likeness (QED) is 0.787. The number of hydrogen-bond acceptors (Lipinski definition) is 4. The van der Waals surface area contributed by atoms with Crippen molar-refractivity contribution < 1.29 is 18.7 Å². The smallest absolute Gasteiger partial charge is 0.226 e. The van der Waals surface area contributed by atoms with E-state index in [9.17, 15) is 4.79 Å². The minimum absolute atomic E-state index is 0.00111. The van der Waals surface area contributed by atoms with Crippen LogP contribution in [0.25, 0.3) is 0 Å². The molecule has 0 saturated carbocycles. The highest BCUT2D eigenvalue weighted by molar-refractivity contribution is 5.76. The van der Waals surface area contributed by atoms with Crippen LogP contribution in [0.1, 0.15) is 25.1 Å². The van der Waals surface area contributed by atoms with Gasteiger partial charge in [0.1, 0.15) is 5.76 Å². The summed E-state index contributed by atoms with van der Waals surface area (Å²) in [6.45, 7) is 2.23. The first-order valence-corrected chi connectivity index (χ1v) is 7.18. The lowest BCUT2D eigenvalue weighted by Gasteiger charge is -2.23. The summed E-state index contributed by atoms with van der Waals surface area (Å²) in [4.78, 5) is 13.9. The second-order valence-corrected chi connectivity index (χ2v) is 4.95. The number of rotatable bonds is 7. The van der Waals surface area contributed by atoms with Gasteiger partial charge in [-0.2, -0.15) is 0 Å². The maximum absolute atomic E-state index is 12.2. The molecule has 1 aromatic carbocycles. The molecule has 5 nitrogen and oxygen atoms in total. The number of nitrogens with zero attached hydrogens (tertiary/aromatic N) is 1. The average molecular weight is 303 g/mol. The summed E-state index contributed by atoms with van der Waals surface area (Å²) in [5, 5.41) is 0. The summed E-state index contributed by atoms with van der Waals surface area (Å²) in [6.07, 6.45) is 1.90. The number of furan rings is 1. The molecule has 0 aliphatic heterocycles. The Balaban J connectivity index is 1.85. The molecule has 2 rings (SSSR count). The lowest BCUT2D eigenvalue weighted by molar-refractivity contribution is -0.132. The molecular formula is C17H21NO4. The number of carbonyl (C=O) groups is 1. The fourth-order valence-corrected chi connectivity index (χ4v) is 2.10. The van der Waals surface area contributed by atoms with Gasteiger partial charge in [0.05, 0.1) is 32.4 Å². The van der Waals surface area contributed by atoms with Gasteiger partial charge in [-0.3, -0.25) is 4.79 Å². The third kappa shape index (κ3) is 3.81. The van der Waals surface area contributed by atoms with Crippen molar-refractivity contribution in [2.75, 3.05) is 20.8 Å². The predicted octanol–water partition coefficient (Wildman–Crippen LogP) is 3.28. The van der Waals surface area contributed by atoms with Crippen LogP contribution in [0, 0.1) is 0 Å². The Kier molecular flexibility index (Phi) is 5.47. The molecule has 118 valence electrons. The molecule has 1 aromatic heterocycles. The molecule has 22 heavy (non-hydrogen) atoms. The summed E-state index contributed by atoms with van der Waals surface area (Å²) in [7, 11) is 3.35. The van der Waals surface area contributed by atoms with Gasteiger partial charge in [-0.1, -0.05) is 12.1 Å². The first-order chi connectivity index (χ1) is 10.6. The lowest BCUT2D eigenvalue weighted by Crippen LogP contribution is -2.30. The van der Waals surface area contributed by atoms with Gasteiger partial charge in [-0.05, 0) is 31.2 Å². The van der Waals surface area contributed by atoms with Gasteiger partial charge in [0.15, 0.2) is 11.5 Å². The Morgan fingerprint density at radius 3 is 2.59 bits per heavy atom. The maximum Gasteiger partial charge on any atom is 0.226 e. The molecule has 0 radical (unpaired) electrons. The Labute approximate surface area is 130 Å². The third-order valence-corrected chi connectivity index (χ3v) is 3.57. The van der Waals surface area contributed by atoms with E-state index >= 15 is 0 Å². The van der Waals surface area contributed by atoms with Crippen molar-refractivity contribution in [1.82, 2.24) is 4.90 Å². The van der Waals surface area contributed by atoms with E-state index in [1.54, 1.807) is 25.3 Å². The van der Waals surface area contributed by atoms with Gasteiger partial charge in [0.25, 0.3) is 0 Å². The van der Waals surface area contributed by atoms with E-state index in [0.717, 1.165) is 5.76 Å². The number of amides is 1. The third-order valence-electron chi connectivity index (χ3n) is 3.57. The number of para-hydroxylation sites is 2. The largest absolute Gasteiger partial charge is 0.493 e. The van der Waals surface area contributed by atoms with Crippen LogP contribution in [0.2, 0.25) is 0 Å². The van der Waals surface area contributed by atoms with Crippen LogP contribution in [-0.2, 0) is 4.79 Å². The molecule has 1 heterocycles. The van der Waals surface area contributed by atoms with Crippen LogP contribution < -0.4 is 9.47 Å². The predicted molar refractivity (Wildman–Crippen MR) is 83.0 cm³/mol. The van der Waals surface area contributed by atoms with Crippen LogP contribution in [-0.4, -0.2) is 31.6 Å². The van der Waals surface area contributed by atoms with Crippen LogP contribution in [0.4, 0.5) is 0 Å². The number of hydrogen-bond donors (Lipinski definition) is 0. The van der Waals surface area contributed by atoms with Crippen molar-refractivity contribution in [1.29, 1.82) is 0 Å². The van der Waals surface area contributed by atoms with Crippen molar-refractivity contribution >= 4 is 5.91 Å². The van der Waals surface area contributed by atoms with Crippen LogP contribution in [0.5, 0.6) is 11.5 Å². The number of benzene rings is 1. The summed E-state index contributed by atoms with van der Waals surface area (Å²) >= 11 is 0. The van der Waals surface area contributed by atoms with Gasteiger partial charge in [-0.25, -0.2) is 0 Å². The van der Waals surface area contributed by atoms with E-state index in [1.165, 1.54) is 0 Å². The molecule has 5 heteroatoms. The average Bonchev–Trinajstić information content (AvgIpc) is 3.08. The highest BCUT2D eigenvalue weighted by Crippen LogP contribution is 2.26. The van der Waals surface area contributed by atoms with Crippen molar-refractivity contribution in [3.8, 4) is 11.5 Å².